The Morgan fingerprint density at radius 3 is 3.00 bits per heavy atom. The second-order valence-electron chi connectivity index (χ2n) is 4.57. The molecule has 13 heavy (non-hydrogen) atoms. The molecule has 1 nitrogen and oxygen atoms in total. The van der Waals surface area contributed by atoms with E-state index in [1.807, 2.05) is 0 Å². The Morgan fingerprint density at radius 1 is 1.46 bits per heavy atom. The maximum Gasteiger partial charge on any atom is 0.0675 e. The van der Waals surface area contributed by atoms with Crippen molar-refractivity contribution < 1.29 is 0 Å². The van der Waals surface area contributed by atoms with Crippen LogP contribution >= 0.6 is 11.8 Å². The number of thioether (sulfide) groups is 1. The maximum absolute atomic E-state index is 3.86. The van der Waals surface area contributed by atoms with E-state index >= 15 is 0 Å². The van der Waals surface area contributed by atoms with Crippen LogP contribution in [0.5, 0.6) is 0 Å². The van der Waals surface area contributed by atoms with Gasteiger partial charge in [0.2, 0.25) is 0 Å². The zero-order chi connectivity index (χ0) is 9.31. The molecule has 1 saturated heterocycles. The zero-order valence-electron chi connectivity index (χ0n) is 8.81. The Kier molecular flexibility index (Phi) is 2.89. The normalized spacial score (nSPS) is 45.7. The molecule has 0 bridgehead atoms. The first kappa shape index (κ1) is 9.85. The Hall–Kier alpha value is 0.310. The van der Waals surface area contributed by atoms with Gasteiger partial charge in [0.1, 0.15) is 0 Å². The van der Waals surface area contributed by atoms with Crippen LogP contribution in [-0.4, -0.2) is 16.7 Å². The monoisotopic (exact) mass is 199 g/mol. The number of hydrogen-bond acceptors (Lipinski definition) is 2. The Bertz CT molecular complexity index is 183. The van der Waals surface area contributed by atoms with E-state index in [-0.39, 0.29) is 0 Å². The van der Waals surface area contributed by atoms with Crippen molar-refractivity contribution in [2.75, 3.05) is 5.75 Å². The van der Waals surface area contributed by atoms with Gasteiger partial charge in [-0.3, -0.25) is 0 Å². The molecule has 0 amide bonds. The summed E-state index contributed by atoms with van der Waals surface area (Å²) in [6.45, 7) is 4.69. The summed E-state index contributed by atoms with van der Waals surface area (Å²) in [6, 6.07) is 0.744. The van der Waals surface area contributed by atoms with Crippen LogP contribution in [0, 0.1) is 5.92 Å². The first-order valence-corrected chi connectivity index (χ1v) is 6.67. The van der Waals surface area contributed by atoms with Crippen molar-refractivity contribution in [3.05, 3.63) is 0 Å². The van der Waals surface area contributed by atoms with Crippen molar-refractivity contribution >= 4 is 11.8 Å². The summed E-state index contributed by atoms with van der Waals surface area (Å²) in [7, 11) is 0. The minimum atomic E-state index is 0.479. The van der Waals surface area contributed by atoms with Crippen LogP contribution in [0.15, 0.2) is 0 Å². The first-order valence-electron chi connectivity index (χ1n) is 5.68. The number of nitrogens with one attached hydrogen (secondary N) is 1. The topological polar surface area (TPSA) is 12.0 Å². The van der Waals surface area contributed by atoms with Crippen LogP contribution in [0.1, 0.15) is 46.0 Å². The summed E-state index contributed by atoms with van der Waals surface area (Å²) in [5, 5.41) is 3.86. The average Bonchev–Trinajstić information content (AvgIpc) is 2.47. The zero-order valence-corrected chi connectivity index (χ0v) is 9.62. The van der Waals surface area contributed by atoms with Crippen molar-refractivity contribution in [2.45, 2.75) is 56.9 Å². The lowest BCUT2D eigenvalue weighted by Gasteiger charge is -2.42. The molecule has 76 valence electrons. The molecule has 1 saturated carbocycles. The number of hydrogen-bond donors (Lipinski definition) is 1. The molecule has 3 unspecified atom stereocenters. The van der Waals surface area contributed by atoms with Crippen LogP contribution in [0.25, 0.3) is 0 Å². The lowest BCUT2D eigenvalue weighted by atomic mass is 9.98. The predicted molar refractivity (Wildman–Crippen MR) is 60.0 cm³/mol. The third-order valence-electron chi connectivity index (χ3n) is 3.65. The lowest BCUT2D eigenvalue weighted by Crippen LogP contribution is -2.52. The lowest BCUT2D eigenvalue weighted by molar-refractivity contribution is 0.307. The molecular formula is C11H21NS. The van der Waals surface area contributed by atoms with Gasteiger partial charge >= 0.3 is 0 Å². The molecule has 0 radical (unpaired) electrons. The van der Waals surface area contributed by atoms with E-state index in [2.05, 4.69) is 30.9 Å². The van der Waals surface area contributed by atoms with Gasteiger partial charge in [-0.2, -0.15) is 0 Å². The van der Waals surface area contributed by atoms with Crippen molar-refractivity contribution in [1.82, 2.24) is 5.32 Å². The predicted octanol–water partition coefficient (Wildman–Crippen LogP) is 3.01. The molecule has 1 aliphatic heterocycles. The van der Waals surface area contributed by atoms with Crippen LogP contribution < -0.4 is 5.32 Å². The van der Waals surface area contributed by atoms with Gasteiger partial charge < -0.3 is 5.32 Å². The molecule has 2 rings (SSSR count). The van der Waals surface area contributed by atoms with Crippen LogP contribution in [0.4, 0.5) is 0 Å². The highest BCUT2D eigenvalue weighted by atomic mass is 32.2. The van der Waals surface area contributed by atoms with Gasteiger partial charge in [-0.05, 0) is 37.9 Å². The maximum atomic E-state index is 3.86. The van der Waals surface area contributed by atoms with Crippen LogP contribution in [0.2, 0.25) is 0 Å². The van der Waals surface area contributed by atoms with Gasteiger partial charge in [0, 0.05) is 6.04 Å². The highest BCUT2D eigenvalue weighted by Crippen LogP contribution is 2.47. The minimum absolute atomic E-state index is 0.479. The smallest absolute Gasteiger partial charge is 0.0675 e. The third-order valence-corrected chi connectivity index (χ3v) is 5.26. The third kappa shape index (κ3) is 1.75. The molecule has 2 heteroatoms. The summed E-state index contributed by atoms with van der Waals surface area (Å²) in [5.41, 5.74) is 0. The van der Waals surface area contributed by atoms with E-state index in [4.69, 9.17) is 0 Å². The van der Waals surface area contributed by atoms with Gasteiger partial charge in [0.25, 0.3) is 0 Å². The summed E-state index contributed by atoms with van der Waals surface area (Å²) < 4.78 is 0. The minimum Gasteiger partial charge on any atom is -0.300 e. The van der Waals surface area contributed by atoms with Crippen LogP contribution in [0.3, 0.4) is 0 Å². The van der Waals surface area contributed by atoms with E-state index in [1.165, 1.54) is 37.9 Å². The Morgan fingerprint density at radius 2 is 2.31 bits per heavy atom. The molecule has 1 heterocycles. The van der Waals surface area contributed by atoms with Gasteiger partial charge in [-0.15, -0.1) is 11.8 Å². The molecule has 1 spiro atoms. The van der Waals surface area contributed by atoms with E-state index in [0.717, 1.165) is 12.0 Å². The van der Waals surface area contributed by atoms with E-state index in [1.54, 1.807) is 0 Å². The Labute approximate surface area is 86.0 Å². The molecule has 2 aliphatic rings. The molecule has 3 atom stereocenters. The van der Waals surface area contributed by atoms with Crippen molar-refractivity contribution in [1.29, 1.82) is 0 Å². The largest absolute Gasteiger partial charge is 0.300 e. The molecule has 1 N–H and O–H groups in total. The summed E-state index contributed by atoms with van der Waals surface area (Å²) in [5.74, 6) is 2.30. The fourth-order valence-electron chi connectivity index (χ4n) is 2.91. The van der Waals surface area contributed by atoms with Gasteiger partial charge in [0.15, 0.2) is 0 Å². The van der Waals surface area contributed by atoms with Crippen molar-refractivity contribution in [3.63, 3.8) is 0 Å². The fraction of sp³-hybridized carbons (Fsp3) is 1.00. The van der Waals surface area contributed by atoms with Gasteiger partial charge in [-0.25, -0.2) is 0 Å². The van der Waals surface area contributed by atoms with Crippen LogP contribution in [-0.2, 0) is 0 Å². The quantitative estimate of drug-likeness (QED) is 0.697. The molecule has 1 aliphatic carbocycles. The fourth-order valence-corrected chi connectivity index (χ4v) is 4.84. The highest BCUT2D eigenvalue weighted by molar-refractivity contribution is 8.00. The molecular weight excluding hydrogens is 178 g/mol. The molecule has 0 aromatic heterocycles. The van der Waals surface area contributed by atoms with Crippen molar-refractivity contribution in [2.24, 2.45) is 5.92 Å². The second-order valence-corrected chi connectivity index (χ2v) is 5.99. The van der Waals surface area contributed by atoms with Crippen molar-refractivity contribution in [3.8, 4) is 0 Å². The Balaban J connectivity index is 2.08. The first-order chi connectivity index (χ1) is 6.27. The molecule has 0 aromatic carbocycles. The van der Waals surface area contributed by atoms with E-state index in [0.29, 0.717) is 4.87 Å². The standard InChI is InChI=1S/C11H21NS/c1-3-10-5-4-7-11(10)12-9(2)6-8-13-11/h9-10,12H,3-8H2,1-2H3. The molecule has 2 fully saturated rings. The van der Waals surface area contributed by atoms with E-state index in [9.17, 15) is 0 Å². The highest BCUT2D eigenvalue weighted by Gasteiger charge is 2.44. The van der Waals surface area contributed by atoms with Gasteiger partial charge in [0.05, 0.1) is 4.87 Å². The summed E-state index contributed by atoms with van der Waals surface area (Å²) in [4.78, 5) is 0.479. The summed E-state index contributed by atoms with van der Waals surface area (Å²) in [6.07, 6.45) is 6.99. The molecule has 0 aromatic rings. The second kappa shape index (κ2) is 3.82. The van der Waals surface area contributed by atoms with E-state index < -0.39 is 0 Å². The summed E-state index contributed by atoms with van der Waals surface area (Å²) >= 11 is 2.20. The SMILES string of the molecule is CCC1CCCC12NC(C)CCS2. The number of rotatable bonds is 1. The van der Waals surface area contributed by atoms with Gasteiger partial charge in [-0.1, -0.05) is 19.8 Å². The average molecular weight is 199 g/mol.